The van der Waals surface area contributed by atoms with Crippen LogP contribution in [0.3, 0.4) is 0 Å². The number of methoxy groups -OCH3 is 1. The molecule has 4 heteroatoms. The van der Waals surface area contributed by atoms with Crippen molar-refractivity contribution >= 4 is 5.95 Å². The number of benzene rings is 1. The van der Waals surface area contributed by atoms with Gasteiger partial charge in [-0.1, -0.05) is 12.1 Å². The molecule has 0 aliphatic heterocycles. The SMILES string of the molecule is COc1ccc(CCNc2nccn2C)cc1. The number of rotatable bonds is 5. The van der Waals surface area contributed by atoms with E-state index in [-0.39, 0.29) is 0 Å². The minimum atomic E-state index is 0.872. The minimum absolute atomic E-state index is 0.872. The van der Waals surface area contributed by atoms with Gasteiger partial charge in [-0.25, -0.2) is 4.98 Å². The van der Waals surface area contributed by atoms with Crippen molar-refractivity contribution in [2.75, 3.05) is 19.0 Å². The third kappa shape index (κ3) is 3.00. The van der Waals surface area contributed by atoms with E-state index in [0.717, 1.165) is 24.7 Å². The van der Waals surface area contributed by atoms with Gasteiger partial charge in [0.15, 0.2) is 0 Å². The number of ether oxygens (including phenoxy) is 1. The fraction of sp³-hybridized carbons (Fsp3) is 0.308. The Morgan fingerprint density at radius 3 is 2.65 bits per heavy atom. The quantitative estimate of drug-likeness (QED) is 0.856. The summed E-state index contributed by atoms with van der Waals surface area (Å²) in [6.07, 6.45) is 4.68. The molecule has 1 aromatic heterocycles. The second-order valence-corrected chi connectivity index (χ2v) is 3.89. The van der Waals surface area contributed by atoms with Gasteiger partial charge in [0.1, 0.15) is 5.75 Å². The van der Waals surface area contributed by atoms with Crippen molar-refractivity contribution in [2.24, 2.45) is 7.05 Å². The molecule has 0 bridgehead atoms. The first-order valence-corrected chi connectivity index (χ1v) is 5.64. The smallest absolute Gasteiger partial charge is 0.202 e. The standard InChI is InChI=1S/C13H17N3O/c1-16-10-9-15-13(16)14-8-7-11-3-5-12(17-2)6-4-11/h3-6,9-10H,7-8H2,1-2H3,(H,14,15). The number of imidazole rings is 1. The summed E-state index contributed by atoms with van der Waals surface area (Å²) < 4.78 is 7.09. The molecule has 0 saturated heterocycles. The topological polar surface area (TPSA) is 39.1 Å². The molecule has 0 saturated carbocycles. The van der Waals surface area contributed by atoms with E-state index in [0.29, 0.717) is 0 Å². The summed E-state index contributed by atoms with van der Waals surface area (Å²) in [4.78, 5) is 4.21. The van der Waals surface area contributed by atoms with Crippen molar-refractivity contribution in [3.05, 3.63) is 42.2 Å². The summed E-state index contributed by atoms with van der Waals surface area (Å²) >= 11 is 0. The van der Waals surface area contributed by atoms with Gasteiger partial charge in [0, 0.05) is 26.0 Å². The molecule has 0 unspecified atom stereocenters. The van der Waals surface area contributed by atoms with E-state index in [1.807, 2.05) is 29.9 Å². The molecule has 2 rings (SSSR count). The number of anilines is 1. The van der Waals surface area contributed by atoms with E-state index < -0.39 is 0 Å². The highest BCUT2D eigenvalue weighted by molar-refractivity contribution is 5.29. The van der Waals surface area contributed by atoms with Gasteiger partial charge in [0.05, 0.1) is 7.11 Å². The third-order valence-electron chi connectivity index (χ3n) is 2.68. The first-order valence-electron chi connectivity index (χ1n) is 5.64. The first-order chi connectivity index (χ1) is 8.29. The normalized spacial score (nSPS) is 10.2. The maximum atomic E-state index is 5.12. The lowest BCUT2D eigenvalue weighted by Crippen LogP contribution is -2.08. The molecule has 17 heavy (non-hydrogen) atoms. The van der Waals surface area contributed by atoms with Crippen molar-refractivity contribution < 1.29 is 4.74 Å². The van der Waals surface area contributed by atoms with Gasteiger partial charge in [0.2, 0.25) is 5.95 Å². The maximum Gasteiger partial charge on any atom is 0.202 e. The van der Waals surface area contributed by atoms with E-state index in [2.05, 4.69) is 22.4 Å². The number of aromatic nitrogens is 2. The fourth-order valence-electron chi connectivity index (χ4n) is 1.65. The van der Waals surface area contributed by atoms with Crippen LogP contribution in [0.1, 0.15) is 5.56 Å². The van der Waals surface area contributed by atoms with Crippen LogP contribution in [0.15, 0.2) is 36.7 Å². The molecule has 0 atom stereocenters. The van der Waals surface area contributed by atoms with Crippen LogP contribution in [0.4, 0.5) is 5.95 Å². The van der Waals surface area contributed by atoms with Crippen LogP contribution in [-0.2, 0) is 13.5 Å². The van der Waals surface area contributed by atoms with E-state index in [1.54, 1.807) is 13.3 Å². The predicted octanol–water partition coefficient (Wildman–Crippen LogP) is 2.08. The fourth-order valence-corrected chi connectivity index (χ4v) is 1.65. The van der Waals surface area contributed by atoms with E-state index in [1.165, 1.54) is 5.56 Å². The van der Waals surface area contributed by atoms with Crippen LogP contribution in [0.2, 0.25) is 0 Å². The average molecular weight is 231 g/mol. The van der Waals surface area contributed by atoms with E-state index in [9.17, 15) is 0 Å². The lowest BCUT2D eigenvalue weighted by atomic mass is 10.1. The lowest BCUT2D eigenvalue weighted by molar-refractivity contribution is 0.414. The molecular formula is C13H17N3O. The summed E-state index contributed by atoms with van der Waals surface area (Å²) in [5, 5.41) is 3.29. The molecule has 0 fully saturated rings. The van der Waals surface area contributed by atoms with Crippen LogP contribution in [-0.4, -0.2) is 23.2 Å². The van der Waals surface area contributed by atoms with E-state index >= 15 is 0 Å². The van der Waals surface area contributed by atoms with Crippen molar-refractivity contribution in [1.82, 2.24) is 9.55 Å². The Morgan fingerprint density at radius 1 is 1.29 bits per heavy atom. The van der Waals surface area contributed by atoms with Crippen molar-refractivity contribution in [1.29, 1.82) is 0 Å². The van der Waals surface area contributed by atoms with Gasteiger partial charge in [0.25, 0.3) is 0 Å². The molecule has 0 radical (unpaired) electrons. The Balaban J connectivity index is 1.83. The summed E-state index contributed by atoms with van der Waals surface area (Å²) in [6.45, 7) is 0.872. The largest absolute Gasteiger partial charge is 0.497 e. The van der Waals surface area contributed by atoms with Gasteiger partial charge in [-0.2, -0.15) is 0 Å². The Morgan fingerprint density at radius 2 is 2.06 bits per heavy atom. The monoisotopic (exact) mass is 231 g/mol. The van der Waals surface area contributed by atoms with Crippen LogP contribution < -0.4 is 10.1 Å². The first kappa shape index (κ1) is 11.5. The molecule has 1 aromatic carbocycles. The van der Waals surface area contributed by atoms with Crippen molar-refractivity contribution in [2.45, 2.75) is 6.42 Å². The van der Waals surface area contributed by atoms with Crippen LogP contribution in [0, 0.1) is 0 Å². The summed E-state index contributed by atoms with van der Waals surface area (Å²) in [6, 6.07) is 8.13. The van der Waals surface area contributed by atoms with Crippen LogP contribution >= 0.6 is 0 Å². The minimum Gasteiger partial charge on any atom is -0.497 e. The average Bonchev–Trinajstić information content (AvgIpc) is 2.76. The van der Waals surface area contributed by atoms with Gasteiger partial charge >= 0.3 is 0 Å². The molecule has 0 spiro atoms. The van der Waals surface area contributed by atoms with Gasteiger partial charge in [-0.3, -0.25) is 0 Å². The number of nitrogens with zero attached hydrogens (tertiary/aromatic N) is 2. The number of aryl methyl sites for hydroxylation is 1. The second-order valence-electron chi connectivity index (χ2n) is 3.89. The van der Waals surface area contributed by atoms with Gasteiger partial charge in [-0.05, 0) is 24.1 Å². The molecule has 0 amide bonds. The molecule has 1 heterocycles. The molecule has 0 aliphatic rings. The molecule has 90 valence electrons. The van der Waals surface area contributed by atoms with Crippen LogP contribution in [0.5, 0.6) is 5.75 Å². The Labute approximate surface area is 101 Å². The zero-order valence-electron chi connectivity index (χ0n) is 10.2. The van der Waals surface area contributed by atoms with Crippen molar-refractivity contribution in [3.63, 3.8) is 0 Å². The molecule has 1 N–H and O–H groups in total. The van der Waals surface area contributed by atoms with Crippen LogP contribution in [0.25, 0.3) is 0 Å². The Kier molecular flexibility index (Phi) is 3.65. The second kappa shape index (κ2) is 5.39. The van der Waals surface area contributed by atoms with Crippen molar-refractivity contribution in [3.8, 4) is 5.75 Å². The summed E-state index contributed by atoms with van der Waals surface area (Å²) in [5.74, 6) is 1.80. The molecular weight excluding hydrogens is 214 g/mol. The highest BCUT2D eigenvalue weighted by Crippen LogP contribution is 2.11. The number of hydrogen-bond donors (Lipinski definition) is 1. The zero-order valence-corrected chi connectivity index (χ0v) is 10.2. The highest BCUT2D eigenvalue weighted by atomic mass is 16.5. The lowest BCUT2D eigenvalue weighted by Gasteiger charge is -2.06. The summed E-state index contributed by atoms with van der Waals surface area (Å²) in [7, 11) is 3.65. The number of hydrogen-bond acceptors (Lipinski definition) is 3. The third-order valence-corrected chi connectivity index (χ3v) is 2.68. The Hall–Kier alpha value is -1.97. The molecule has 0 aliphatic carbocycles. The summed E-state index contributed by atoms with van der Waals surface area (Å²) in [5.41, 5.74) is 1.28. The number of nitrogens with one attached hydrogen (secondary N) is 1. The Bertz CT molecular complexity index is 462. The van der Waals surface area contributed by atoms with Gasteiger partial charge < -0.3 is 14.6 Å². The predicted molar refractivity (Wildman–Crippen MR) is 68.4 cm³/mol. The highest BCUT2D eigenvalue weighted by Gasteiger charge is 1.98. The van der Waals surface area contributed by atoms with E-state index in [4.69, 9.17) is 4.74 Å². The van der Waals surface area contributed by atoms with Gasteiger partial charge in [-0.15, -0.1) is 0 Å². The molecule has 2 aromatic rings. The molecule has 4 nitrogen and oxygen atoms in total. The zero-order chi connectivity index (χ0) is 12.1. The maximum absolute atomic E-state index is 5.12.